The first-order valence-corrected chi connectivity index (χ1v) is 7.45. The molecule has 3 nitrogen and oxygen atoms in total. The number of aryl methyl sites for hydroxylation is 1. The molecule has 0 saturated heterocycles. The van der Waals surface area contributed by atoms with Crippen molar-refractivity contribution in [2.45, 2.75) is 25.8 Å². The molecule has 0 amide bonds. The van der Waals surface area contributed by atoms with E-state index in [0.29, 0.717) is 6.04 Å². The van der Waals surface area contributed by atoms with Gasteiger partial charge in [-0.05, 0) is 30.7 Å². The van der Waals surface area contributed by atoms with Crippen molar-refractivity contribution >= 4 is 15.9 Å². The summed E-state index contributed by atoms with van der Waals surface area (Å²) in [5.41, 5.74) is 1.31. The van der Waals surface area contributed by atoms with Crippen molar-refractivity contribution in [1.82, 2.24) is 14.9 Å². The Morgan fingerprint density at radius 3 is 2.63 bits per heavy atom. The van der Waals surface area contributed by atoms with Crippen LogP contribution in [0.5, 0.6) is 0 Å². The van der Waals surface area contributed by atoms with Crippen molar-refractivity contribution in [3.05, 3.63) is 52.5 Å². The average molecular weight is 322 g/mol. The summed E-state index contributed by atoms with van der Waals surface area (Å²) in [5.74, 6) is 1.11. The second kappa shape index (κ2) is 6.87. The number of nitrogens with zero attached hydrogens (tertiary/aromatic N) is 2. The third-order valence-electron chi connectivity index (χ3n) is 3.22. The molecule has 4 heteroatoms. The normalized spacial score (nSPS) is 12.6. The molecular formula is C15H20BrN3. The maximum atomic E-state index is 4.42. The molecule has 0 radical (unpaired) electrons. The molecule has 2 rings (SSSR count). The van der Waals surface area contributed by atoms with E-state index in [1.807, 2.05) is 19.4 Å². The summed E-state index contributed by atoms with van der Waals surface area (Å²) in [7, 11) is 2.04. The molecule has 0 aliphatic carbocycles. The predicted molar refractivity (Wildman–Crippen MR) is 82.1 cm³/mol. The van der Waals surface area contributed by atoms with Crippen LogP contribution in [0.4, 0.5) is 0 Å². The molecule has 1 unspecified atom stereocenters. The van der Waals surface area contributed by atoms with E-state index in [-0.39, 0.29) is 0 Å². The fraction of sp³-hybridized carbons (Fsp3) is 0.400. The molecule has 1 aromatic carbocycles. The SMILES string of the molecule is CCCNC(Cc1nccn1C)c1ccc(Br)cc1. The van der Waals surface area contributed by atoms with Gasteiger partial charge < -0.3 is 9.88 Å². The van der Waals surface area contributed by atoms with E-state index in [2.05, 4.69) is 62.0 Å². The number of hydrogen-bond donors (Lipinski definition) is 1. The Kier molecular flexibility index (Phi) is 5.16. The second-order valence-corrected chi connectivity index (χ2v) is 5.63. The van der Waals surface area contributed by atoms with Crippen LogP contribution in [0.15, 0.2) is 41.1 Å². The lowest BCUT2D eigenvalue weighted by Crippen LogP contribution is -2.25. The van der Waals surface area contributed by atoms with E-state index < -0.39 is 0 Å². The second-order valence-electron chi connectivity index (χ2n) is 4.72. The van der Waals surface area contributed by atoms with Gasteiger partial charge in [-0.3, -0.25) is 0 Å². The zero-order valence-electron chi connectivity index (χ0n) is 11.4. The van der Waals surface area contributed by atoms with Crippen LogP contribution in [0, 0.1) is 0 Å². The molecule has 0 bridgehead atoms. The van der Waals surface area contributed by atoms with Crippen LogP contribution < -0.4 is 5.32 Å². The van der Waals surface area contributed by atoms with Gasteiger partial charge in [0.1, 0.15) is 5.82 Å². The standard InChI is InChI=1S/C15H20BrN3/c1-3-8-17-14(11-15-18-9-10-19(15)2)12-4-6-13(16)7-5-12/h4-7,9-10,14,17H,3,8,11H2,1-2H3. The maximum absolute atomic E-state index is 4.42. The number of rotatable bonds is 6. The zero-order valence-corrected chi connectivity index (χ0v) is 13.0. The molecule has 0 aliphatic heterocycles. The topological polar surface area (TPSA) is 29.9 Å². The fourth-order valence-electron chi connectivity index (χ4n) is 2.10. The number of aromatic nitrogens is 2. The Morgan fingerprint density at radius 2 is 2.05 bits per heavy atom. The summed E-state index contributed by atoms with van der Waals surface area (Å²) >= 11 is 3.48. The van der Waals surface area contributed by atoms with E-state index >= 15 is 0 Å². The third-order valence-corrected chi connectivity index (χ3v) is 3.75. The monoisotopic (exact) mass is 321 g/mol. The quantitative estimate of drug-likeness (QED) is 0.883. The highest BCUT2D eigenvalue weighted by Crippen LogP contribution is 2.20. The Bertz CT molecular complexity index is 504. The van der Waals surface area contributed by atoms with Gasteiger partial charge >= 0.3 is 0 Å². The van der Waals surface area contributed by atoms with Crippen LogP contribution in [0.3, 0.4) is 0 Å². The van der Waals surface area contributed by atoms with Gasteiger partial charge in [0.15, 0.2) is 0 Å². The van der Waals surface area contributed by atoms with Crippen molar-refractivity contribution in [2.75, 3.05) is 6.54 Å². The van der Waals surface area contributed by atoms with Crippen LogP contribution in [0.2, 0.25) is 0 Å². The first-order valence-electron chi connectivity index (χ1n) is 6.65. The smallest absolute Gasteiger partial charge is 0.110 e. The number of imidazole rings is 1. The number of hydrogen-bond acceptors (Lipinski definition) is 2. The van der Waals surface area contributed by atoms with Crippen molar-refractivity contribution in [3.8, 4) is 0 Å². The molecule has 1 N–H and O–H groups in total. The van der Waals surface area contributed by atoms with Gasteiger partial charge in [-0.25, -0.2) is 4.98 Å². The number of benzene rings is 1. The summed E-state index contributed by atoms with van der Waals surface area (Å²) < 4.78 is 3.20. The first-order chi connectivity index (χ1) is 9.20. The predicted octanol–water partition coefficient (Wildman–Crippen LogP) is 3.47. The van der Waals surface area contributed by atoms with Crippen molar-refractivity contribution < 1.29 is 0 Å². The van der Waals surface area contributed by atoms with Crippen LogP contribution in [0.25, 0.3) is 0 Å². The lowest BCUT2D eigenvalue weighted by atomic mass is 10.0. The van der Waals surface area contributed by atoms with Gasteiger partial charge in [0.2, 0.25) is 0 Å². The minimum absolute atomic E-state index is 0.314. The highest BCUT2D eigenvalue weighted by molar-refractivity contribution is 9.10. The van der Waals surface area contributed by atoms with Gasteiger partial charge in [0.25, 0.3) is 0 Å². The van der Waals surface area contributed by atoms with Gasteiger partial charge in [-0.15, -0.1) is 0 Å². The Morgan fingerprint density at radius 1 is 1.32 bits per heavy atom. The molecule has 2 aromatic rings. The minimum Gasteiger partial charge on any atom is -0.338 e. The average Bonchev–Trinajstić information content (AvgIpc) is 2.81. The molecule has 19 heavy (non-hydrogen) atoms. The van der Waals surface area contributed by atoms with Crippen LogP contribution >= 0.6 is 15.9 Å². The molecule has 1 heterocycles. The first kappa shape index (κ1) is 14.3. The van der Waals surface area contributed by atoms with E-state index in [0.717, 1.165) is 29.7 Å². The summed E-state index contributed by atoms with van der Waals surface area (Å²) in [6.07, 6.45) is 5.89. The highest BCUT2D eigenvalue weighted by atomic mass is 79.9. The third kappa shape index (κ3) is 3.91. The van der Waals surface area contributed by atoms with E-state index in [9.17, 15) is 0 Å². The summed E-state index contributed by atoms with van der Waals surface area (Å²) in [5, 5.41) is 3.60. The molecular weight excluding hydrogens is 302 g/mol. The molecule has 0 saturated carbocycles. The van der Waals surface area contributed by atoms with Gasteiger partial charge in [0, 0.05) is 36.4 Å². The number of nitrogens with one attached hydrogen (secondary N) is 1. The van der Waals surface area contributed by atoms with Gasteiger partial charge in [-0.2, -0.15) is 0 Å². The van der Waals surface area contributed by atoms with E-state index in [1.165, 1.54) is 5.56 Å². The largest absolute Gasteiger partial charge is 0.338 e. The van der Waals surface area contributed by atoms with E-state index in [4.69, 9.17) is 0 Å². The van der Waals surface area contributed by atoms with Crippen molar-refractivity contribution in [3.63, 3.8) is 0 Å². The Balaban J connectivity index is 2.15. The fourth-order valence-corrected chi connectivity index (χ4v) is 2.36. The molecule has 0 aliphatic rings. The van der Waals surface area contributed by atoms with Crippen LogP contribution in [-0.4, -0.2) is 16.1 Å². The summed E-state index contributed by atoms with van der Waals surface area (Å²) in [6, 6.07) is 8.83. The molecule has 0 fully saturated rings. The van der Waals surface area contributed by atoms with E-state index in [1.54, 1.807) is 0 Å². The molecule has 0 spiro atoms. The lowest BCUT2D eigenvalue weighted by molar-refractivity contribution is 0.512. The van der Waals surface area contributed by atoms with Crippen molar-refractivity contribution in [1.29, 1.82) is 0 Å². The number of halogens is 1. The summed E-state index contributed by atoms with van der Waals surface area (Å²) in [6.45, 7) is 3.21. The van der Waals surface area contributed by atoms with Gasteiger partial charge in [-0.1, -0.05) is 35.0 Å². The van der Waals surface area contributed by atoms with Crippen LogP contribution in [-0.2, 0) is 13.5 Å². The Hall–Kier alpha value is -1.13. The minimum atomic E-state index is 0.314. The molecule has 102 valence electrons. The maximum Gasteiger partial charge on any atom is 0.110 e. The Labute approximate surface area is 123 Å². The molecule has 1 atom stereocenters. The molecule has 1 aromatic heterocycles. The summed E-state index contributed by atoms with van der Waals surface area (Å²) in [4.78, 5) is 4.42. The van der Waals surface area contributed by atoms with Crippen molar-refractivity contribution in [2.24, 2.45) is 7.05 Å². The van der Waals surface area contributed by atoms with Gasteiger partial charge in [0.05, 0.1) is 0 Å². The lowest BCUT2D eigenvalue weighted by Gasteiger charge is -2.19. The van der Waals surface area contributed by atoms with Crippen LogP contribution in [0.1, 0.15) is 30.8 Å². The zero-order chi connectivity index (χ0) is 13.7. The highest BCUT2D eigenvalue weighted by Gasteiger charge is 2.13.